The Balaban J connectivity index is 1.66. The first-order chi connectivity index (χ1) is 12.0. The zero-order chi connectivity index (χ0) is 17.8. The van der Waals surface area contributed by atoms with Gasteiger partial charge in [-0.1, -0.05) is 29.3 Å². The van der Waals surface area contributed by atoms with E-state index < -0.39 is 0 Å². The van der Waals surface area contributed by atoms with Gasteiger partial charge in [-0.15, -0.1) is 0 Å². The van der Waals surface area contributed by atoms with E-state index in [1.165, 1.54) is 12.1 Å². The standard InChI is InChI=1S/C17H17Cl2FN4O/c18-14-10-21-11-15(19)16(14)23-5-2-6-24(8-7-23)17(25)22-13-4-1-3-12(20)9-13/h1,3-4,9-11H,2,5-8H2,(H,22,25). The zero-order valence-electron chi connectivity index (χ0n) is 13.4. The lowest BCUT2D eigenvalue weighted by Gasteiger charge is -2.25. The van der Waals surface area contributed by atoms with E-state index >= 15 is 0 Å². The maximum absolute atomic E-state index is 13.2. The van der Waals surface area contributed by atoms with Crippen LogP contribution in [0.1, 0.15) is 6.42 Å². The van der Waals surface area contributed by atoms with E-state index in [1.54, 1.807) is 29.4 Å². The molecule has 0 aliphatic carbocycles. The molecule has 1 aliphatic heterocycles. The molecule has 1 aromatic heterocycles. The van der Waals surface area contributed by atoms with Gasteiger partial charge in [-0.3, -0.25) is 4.98 Å². The molecule has 0 radical (unpaired) electrons. The Kier molecular flexibility index (Phi) is 5.60. The molecule has 8 heteroatoms. The first-order valence-corrected chi connectivity index (χ1v) is 8.65. The number of pyridine rings is 1. The molecule has 2 amide bonds. The summed E-state index contributed by atoms with van der Waals surface area (Å²) in [6.07, 6.45) is 3.88. The molecule has 1 fully saturated rings. The quantitative estimate of drug-likeness (QED) is 0.843. The van der Waals surface area contributed by atoms with Crippen LogP contribution >= 0.6 is 23.2 Å². The second-order valence-corrected chi connectivity index (χ2v) is 6.53. The van der Waals surface area contributed by atoms with E-state index in [0.29, 0.717) is 35.4 Å². The zero-order valence-corrected chi connectivity index (χ0v) is 14.9. The highest BCUT2D eigenvalue weighted by molar-refractivity contribution is 6.38. The van der Waals surface area contributed by atoms with Crippen molar-refractivity contribution in [3.8, 4) is 0 Å². The Morgan fingerprint density at radius 1 is 1.12 bits per heavy atom. The fraction of sp³-hybridized carbons (Fsp3) is 0.294. The van der Waals surface area contributed by atoms with E-state index in [4.69, 9.17) is 23.2 Å². The molecule has 1 saturated heterocycles. The van der Waals surface area contributed by atoms with Gasteiger partial charge < -0.3 is 15.1 Å². The summed E-state index contributed by atoms with van der Waals surface area (Å²) in [5, 5.41) is 3.71. The number of halogens is 3. The van der Waals surface area contributed by atoms with Crippen molar-refractivity contribution in [1.82, 2.24) is 9.88 Å². The van der Waals surface area contributed by atoms with Crippen LogP contribution < -0.4 is 10.2 Å². The predicted molar refractivity (Wildman–Crippen MR) is 98.1 cm³/mol. The summed E-state index contributed by atoms with van der Waals surface area (Å²) in [5.74, 6) is -0.387. The molecule has 0 unspecified atom stereocenters. The summed E-state index contributed by atoms with van der Waals surface area (Å²) in [6, 6.07) is 5.59. The van der Waals surface area contributed by atoms with Gasteiger partial charge in [0.05, 0.1) is 15.7 Å². The molecule has 3 rings (SSSR count). The minimum absolute atomic E-state index is 0.251. The van der Waals surface area contributed by atoms with Gasteiger partial charge in [0.25, 0.3) is 0 Å². The highest BCUT2D eigenvalue weighted by Gasteiger charge is 2.22. The maximum atomic E-state index is 13.2. The molecule has 0 atom stereocenters. The molecule has 132 valence electrons. The van der Waals surface area contributed by atoms with Crippen molar-refractivity contribution in [2.75, 3.05) is 36.4 Å². The lowest BCUT2D eigenvalue weighted by molar-refractivity contribution is 0.215. The van der Waals surface area contributed by atoms with Crippen molar-refractivity contribution in [3.05, 3.63) is 52.5 Å². The first-order valence-electron chi connectivity index (χ1n) is 7.90. The largest absolute Gasteiger partial charge is 0.367 e. The molecule has 5 nitrogen and oxygen atoms in total. The number of hydrogen-bond donors (Lipinski definition) is 1. The minimum Gasteiger partial charge on any atom is -0.367 e. The van der Waals surface area contributed by atoms with Crippen LogP contribution in [-0.2, 0) is 0 Å². The average molecular weight is 383 g/mol. The minimum atomic E-state index is -0.387. The van der Waals surface area contributed by atoms with Crippen molar-refractivity contribution in [3.63, 3.8) is 0 Å². The highest BCUT2D eigenvalue weighted by atomic mass is 35.5. The first kappa shape index (κ1) is 17.8. The molecule has 1 N–H and O–H groups in total. The number of carbonyl (C=O) groups is 1. The number of urea groups is 1. The fourth-order valence-electron chi connectivity index (χ4n) is 2.82. The molecular formula is C17H17Cl2FN4O. The third-order valence-corrected chi connectivity index (χ3v) is 4.56. The van der Waals surface area contributed by atoms with E-state index in [0.717, 1.165) is 18.7 Å². The van der Waals surface area contributed by atoms with Crippen LogP contribution in [-0.4, -0.2) is 42.1 Å². The van der Waals surface area contributed by atoms with Gasteiger partial charge >= 0.3 is 6.03 Å². The van der Waals surface area contributed by atoms with E-state index in [-0.39, 0.29) is 11.8 Å². The number of nitrogens with one attached hydrogen (secondary N) is 1. The smallest absolute Gasteiger partial charge is 0.321 e. The predicted octanol–water partition coefficient (Wildman–Crippen LogP) is 4.27. The third kappa shape index (κ3) is 4.32. The Bertz CT molecular complexity index is 754. The molecule has 2 aromatic rings. The second-order valence-electron chi connectivity index (χ2n) is 5.72. The number of carbonyl (C=O) groups excluding carboxylic acids is 1. The number of anilines is 2. The Hall–Kier alpha value is -2.05. The molecule has 0 spiro atoms. The van der Waals surface area contributed by atoms with Crippen molar-refractivity contribution in [2.45, 2.75) is 6.42 Å². The number of nitrogens with zero attached hydrogens (tertiary/aromatic N) is 3. The van der Waals surface area contributed by atoms with Crippen molar-refractivity contribution in [1.29, 1.82) is 0 Å². The summed E-state index contributed by atoms with van der Waals surface area (Å²) in [5.41, 5.74) is 1.18. The summed E-state index contributed by atoms with van der Waals surface area (Å²) in [6.45, 7) is 2.43. The van der Waals surface area contributed by atoms with Gasteiger partial charge in [0.1, 0.15) is 5.82 Å². The third-order valence-electron chi connectivity index (χ3n) is 4.00. The van der Waals surface area contributed by atoms with Crippen LogP contribution in [0.5, 0.6) is 0 Å². The van der Waals surface area contributed by atoms with Crippen molar-refractivity contribution < 1.29 is 9.18 Å². The number of rotatable bonds is 2. The SMILES string of the molecule is O=C(Nc1cccc(F)c1)N1CCCN(c2c(Cl)cncc2Cl)CC1. The van der Waals surface area contributed by atoms with Crippen LogP contribution in [0.25, 0.3) is 0 Å². The Morgan fingerprint density at radius 3 is 2.60 bits per heavy atom. The van der Waals surface area contributed by atoms with Gasteiger partial charge in [0, 0.05) is 44.3 Å². The van der Waals surface area contributed by atoms with E-state index in [9.17, 15) is 9.18 Å². The monoisotopic (exact) mass is 382 g/mol. The Labute approximate surface area is 155 Å². The summed E-state index contributed by atoms with van der Waals surface area (Å²) in [7, 11) is 0. The lowest BCUT2D eigenvalue weighted by Crippen LogP contribution is -2.38. The molecule has 0 saturated carbocycles. The van der Waals surface area contributed by atoms with Gasteiger partial charge in [0.15, 0.2) is 0 Å². The fourth-order valence-corrected chi connectivity index (χ4v) is 3.42. The van der Waals surface area contributed by atoms with Crippen molar-refractivity contribution in [2.24, 2.45) is 0 Å². The number of aromatic nitrogens is 1. The molecule has 0 bridgehead atoms. The van der Waals surface area contributed by atoms with Gasteiger partial charge in [0.2, 0.25) is 0 Å². The molecule has 25 heavy (non-hydrogen) atoms. The van der Waals surface area contributed by atoms with Crippen LogP contribution in [0.2, 0.25) is 10.0 Å². The van der Waals surface area contributed by atoms with Gasteiger partial charge in [-0.25, -0.2) is 9.18 Å². The lowest BCUT2D eigenvalue weighted by atomic mass is 10.3. The molecule has 2 heterocycles. The second kappa shape index (κ2) is 7.89. The average Bonchev–Trinajstić information content (AvgIpc) is 2.81. The van der Waals surface area contributed by atoms with Crippen LogP contribution in [0, 0.1) is 5.82 Å². The topological polar surface area (TPSA) is 48.5 Å². The highest BCUT2D eigenvalue weighted by Crippen LogP contribution is 2.33. The maximum Gasteiger partial charge on any atom is 0.321 e. The molecular weight excluding hydrogens is 366 g/mol. The number of benzene rings is 1. The van der Waals surface area contributed by atoms with E-state index in [2.05, 4.69) is 15.2 Å². The summed E-state index contributed by atoms with van der Waals surface area (Å²) in [4.78, 5) is 20.1. The number of amides is 2. The van der Waals surface area contributed by atoms with Crippen LogP contribution in [0.15, 0.2) is 36.7 Å². The summed E-state index contributed by atoms with van der Waals surface area (Å²) < 4.78 is 13.2. The van der Waals surface area contributed by atoms with Crippen LogP contribution in [0.4, 0.5) is 20.6 Å². The van der Waals surface area contributed by atoms with Gasteiger partial charge in [-0.2, -0.15) is 0 Å². The normalized spacial score (nSPS) is 15.0. The van der Waals surface area contributed by atoms with Gasteiger partial charge in [-0.05, 0) is 24.6 Å². The van der Waals surface area contributed by atoms with Crippen molar-refractivity contribution >= 4 is 40.6 Å². The number of hydrogen-bond acceptors (Lipinski definition) is 3. The molecule has 1 aromatic carbocycles. The van der Waals surface area contributed by atoms with Crippen LogP contribution in [0.3, 0.4) is 0 Å². The summed E-state index contributed by atoms with van der Waals surface area (Å²) >= 11 is 12.4. The molecule has 1 aliphatic rings. The Morgan fingerprint density at radius 2 is 1.88 bits per heavy atom. The van der Waals surface area contributed by atoms with E-state index in [1.807, 2.05) is 0 Å².